The van der Waals surface area contributed by atoms with E-state index >= 15 is 0 Å². The Labute approximate surface area is 168 Å². The largest absolute Gasteiger partial charge is 0.261 e. The summed E-state index contributed by atoms with van der Waals surface area (Å²) in [4.78, 5) is 4.41. The lowest BCUT2D eigenvalue weighted by molar-refractivity contribution is 0.0364. The van der Waals surface area contributed by atoms with Crippen molar-refractivity contribution in [1.82, 2.24) is 5.12 Å². The summed E-state index contributed by atoms with van der Waals surface area (Å²) in [6.07, 6.45) is 15.7. The molecule has 1 fully saturated rings. The Bertz CT molecular complexity index is 708. The van der Waals surface area contributed by atoms with Gasteiger partial charge < -0.3 is 0 Å². The Morgan fingerprint density at radius 1 is 1.07 bits per heavy atom. The second kappa shape index (κ2) is 10.4. The van der Waals surface area contributed by atoms with Crippen LogP contribution in [0.1, 0.15) is 88.4 Å². The maximum absolute atomic E-state index is 14.5. The van der Waals surface area contributed by atoms with Crippen molar-refractivity contribution in [1.29, 1.82) is 5.26 Å². The van der Waals surface area contributed by atoms with E-state index in [-0.39, 0.29) is 0 Å². The molecule has 0 N–H and O–H groups in total. The van der Waals surface area contributed by atoms with Crippen molar-refractivity contribution in [2.45, 2.75) is 77.3 Å². The second-order valence-corrected chi connectivity index (χ2v) is 8.36. The third kappa shape index (κ3) is 5.67. The first-order valence-corrected chi connectivity index (χ1v) is 10.9. The molecule has 1 aromatic rings. The van der Waals surface area contributed by atoms with Crippen LogP contribution in [0, 0.1) is 23.2 Å². The average Bonchev–Trinajstić information content (AvgIpc) is 2.73. The first kappa shape index (κ1) is 20.6. The number of hydrogen-bond donors (Lipinski definition) is 0. The summed E-state index contributed by atoms with van der Waals surface area (Å²) in [5.41, 5.74) is 2.30. The summed E-state index contributed by atoms with van der Waals surface area (Å²) in [6, 6.07) is 9.03. The molecule has 1 unspecified atom stereocenters. The van der Waals surface area contributed by atoms with Crippen molar-refractivity contribution in [2.75, 3.05) is 0 Å². The Morgan fingerprint density at radius 2 is 1.75 bits per heavy atom. The minimum Gasteiger partial charge on any atom is -0.261 e. The topological polar surface area (TPSA) is 39.4 Å². The number of aliphatic imine (C=N–C) groups is 1. The van der Waals surface area contributed by atoms with Crippen molar-refractivity contribution in [3.63, 3.8) is 0 Å². The van der Waals surface area contributed by atoms with Crippen LogP contribution in [0.15, 0.2) is 41.0 Å². The highest BCUT2D eigenvalue weighted by atomic mass is 19.2. The fourth-order valence-electron chi connectivity index (χ4n) is 4.44. The Hall–Kier alpha value is -2.15. The number of nitrogens with zero attached hydrogens (tertiary/aromatic N) is 3. The van der Waals surface area contributed by atoms with Crippen LogP contribution < -0.4 is 0 Å². The zero-order valence-corrected chi connectivity index (χ0v) is 17.0. The molecule has 1 heterocycles. The first-order valence-electron chi connectivity index (χ1n) is 10.9. The van der Waals surface area contributed by atoms with Crippen LogP contribution in [-0.4, -0.2) is 11.3 Å². The number of allylic oxidation sites excluding steroid dienone is 1. The highest BCUT2D eigenvalue weighted by Crippen LogP contribution is 2.35. The van der Waals surface area contributed by atoms with Crippen LogP contribution in [0.2, 0.25) is 0 Å². The van der Waals surface area contributed by atoms with Gasteiger partial charge in [-0.2, -0.15) is 10.4 Å². The number of nitriles is 1. The molecule has 1 aliphatic heterocycles. The molecule has 1 aromatic carbocycles. The number of halogens is 1. The van der Waals surface area contributed by atoms with Gasteiger partial charge in [-0.1, -0.05) is 74.9 Å². The van der Waals surface area contributed by atoms with Gasteiger partial charge in [-0.05, 0) is 47.9 Å². The van der Waals surface area contributed by atoms with Crippen molar-refractivity contribution in [2.24, 2.45) is 16.8 Å². The molecule has 4 heteroatoms. The van der Waals surface area contributed by atoms with Gasteiger partial charge in [0.1, 0.15) is 0 Å². The summed E-state index contributed by atoms with van der Waals surface area (Å²) >= 11 is 0. The van der Waals surface area contributed by atoms with Gasteiger partial charge in [-0.15, -0.1) is 0 Å². The molecule has 0 spiro atoms. The zero-order valence-electron chi connectivity index (χ0n) is 17.0. The van der Waals surface area contributed by atoms with Crippen molar-refractivity contribution < 1.29 is 4.48 Å². The monoisotopic (exact) mass is 381 g/mol. The SMILES string of the molecule is CCCCCC1CCC(CCC2=CN(F)C(c3ccc(C#N)cc3)N=C2)CC1. The van der Waals surface area contributed by atoms with Gasteiger partial charge in [-0.3, -0.25) is 4.99 Å². The number of rotatable bonds is 8. The molecule has 0 amide bonds. The van der Waals surface area contributed by atoms with Crippen molar-refractivity contribution in [3.8, 4) is 6.07 Å². The van der Waals surface area contributed by atoms with E-state index in [1.54, 1.807) is 30.5 Å². The minimum absolute atomic E-state index is 0.574. The van der Waals surface area contributed by atoms with Crippen LogP contribution >= 0.6 is 0 Å². The van der Waals surface area contributed by atoms with Crippen molar-refractivity contribution in [3.05, 3.63) is 47.2 Å². The minimum atomic E-state index is -0.643. The summed E-state index contributed by atoms with van der Waals surface area (Å²) in [5, 5.41) is 9.58. The average molecular weight is 382 g/mol. The highest BCUT2D eigenvalue weighted by Gasteiger charge is 2.23. The molecular weight excluding hydrogens is 349 g/mol. The van der Waals surface area contributed by atoms with Crippen LogP contribution in [0.3, 0.4) is 0 Å². The highest BCUT2D eigenvalue weighted by molar-refractivity contribution is 5.79. The lowest BCUT2D eigenvalue weighted by Gasteiger charge is -2.29. The summed E-state index contributed by atoms with van der Waals surface area (Å²) in [5.74, 6) is 1.72. The third-order valence-corrected chi connectivity index (χ3v) is 6.27. The smallest absolute Gasteiger partial charge is 0.175 e. The fraction of sp³-hybridized carbons (Fsp3) is 0.583. The van der Waals surface area contributed by atoms with Gasteiger partial charge in [0, 0.05) is 12.4 Å². The Balaban J connectivity index is 1.43. The van der Waals surface area contributed by atoms with Gasteiger partial charge >= 0.3 is 0 Å². The standard InChI is InChI=1S/C24H32FN3/c1-2-3-4-5-19-6-8-20(9-7-19)10-11-22-17-27-24(28(25)18-22)23-14-12-21(16-26)13-15-23/h12-15,17-20,24H,2-11H2,1H3. The molecule has 3 rings (SSSR count). The van der Waals surface area contributed by atoms with Crippen LogP contribution in [0.5, 0.6) is 0 Å². The maximum Gasteiger partial charge on any atom is 0.175 e. The molecule has 2 aliphatic rings. The Kier molecular flexibility index (Phi) is 7.65. The summed E-state index contributed by atoms with van der Waals surface area (Å²) in [6.45, 7) is 2.27. The predicted molar refractivity (Wildman–Crippen MR) is 112 cm³/mol. The van der Waals surface area contributed by atoms with Crippen LogP contribution in [0.4, 0.5) is 4.48 Å². The van der Waals surface area contributed by atoms with Gasteiger partial charge in [0.25, 0.3) is 0 Å². The number of benzene rings is 1. The van der Waals surface area contributed by atoms with E-state index in [9.17, 15) is 4.48 Å². The third-order valence-electron chi connectivity index (χ3n) is 6.27. The quantitative estimate of drug-likeness (QED) is 0.364. The summed E-state index contributed by atoms with van der Waals surface area (Å²) in [7, 11) is 0. The lowest BCUT2D eigenvalue weighted by Crippen LogP contribution is -2.19. The van der Waals surface area contributed by atoms with Gasteiger partial charge in [0.2, 0.25) is 0 Å². The van der Waals surface area contributed by atoms with Gasteiger partial charge in [-0.25, -0.2) is 0 Å². The zero-order chi connectivity index (χ0) is 19.8. The van der Waals surface area contributed by atoms with E-state index in [1.165, 1.54) is 51.4 Å². The van der Waals surface area contributed by atoms with Crippen LogP contribution in [0.25, 0.3) is 0 Å². The molecule has 1 aliphatic carbocycles. The van der Waals surface area contributed by atoms with Crippen molar-refractivity contribution >= 4 is 6.21 Å². The fourth-order valence-corrected chi connectivity index (χ4v) is 4.44. The molecule has 0 bridgehead atoms. The van der Waals surface area contributed by atoms with Crippen LogP contribution in [-0.2, 0) is 0 Å². The normalized spacial score (nSPS) is 24.7. The van der Waals surface area contributed by atoms with E-state index in [0.717, 1.165) is 35.8 Å². The molecule has 28 heavy (non-hydrogen) atoms. The van der Waals surface area contributed by atoms with E-state index < -0.39 is 6.17 Å². The van der Waals surface area contributed by atoms with E-state index in [2.05, 4.69) is 18.0 Å². The lowest BCUT2D eigenvalue weighted by atomic mass is 9.78. The maximum atomic E-state index is 14.5. The Morgan fingerprint density at radius 3 is 2.36 bits per heavy atom. The molecule has 3 nitrogen and oxygen atoms in total. The summed E-state index contributed by atoms with van der Waals surface area (Å²) < 4.78 is 14.5. The molecular formula is C24H32FN3. The number of hydrogen-bond acceptors (Lipinski definition) is 3. The number of unbranched alkanes of at least 4 members (excludes halogenated alkanes) is 2. The molecule has 0 saturated heterocycles. The van der Waals surface area contributed by atoms with E-state index in [1.807, 2.05) is 6.21 Å². The molecule has 1 saturated carbocycles. The van der Waals surface area contributed by atoms with E-state index in [4.69, 9.17) is 5.26 Å². The molecule has 150 valence electrons. The molecule has 0 radical (unpaired) electrons. The first-order chi connectivity index (χ1) is 13.7. The predicted octanol–water partition coefficient (Wildman–Crippen LogP) is 6.88. The van der Waals surface area contributed by atoms with Gasteiger partial charge in [0.15, 0.2) is 6.17 Å². The molecule has 0 aromatic heterocycles. The molecule has 1 atom stereocenters. The second-order valence-electron chi connectivity index (χ2n) is 8.36. The van der Waals surface area contributed by atoms with E-state index in [0.29, 0.717) is 10.7 Å². The van der Waals surface area contributed by atoms with Gasteiger partial charge in [0.05, 0.1) is 11.6 Å².